The van der Waals surface area contributed by atoms with Crippen molar-refractivity contribution in [3.8, 4) is 22.5 Å². The first-order chi connectivity index (χ1) is 25.1. The van der Waals surface area contributed by atoms with Gasteiger partial charge in [0.1, 0.15) is 0 Å². The van der Waals surface area contributed by atoms with E-state index in [2.05, 4.69) is 102 Å². The molecule has 1 aromatic carbocycles. The Bertz CT molecular complexity index is 2300. The number of halogens is 6. The number of H-pyrrole nitrogens is 2. The summed E-state index contributed by atoms with van der Waals surface area (Å²) in [6.07, 6.45) is 18.6. The van der Waals surface area contributed by atoms with E-state index in [0.29, 0.717) is 0 Å². The molecule has 6 heterocycles. The van der Waals surface area contributed by atoms with Crippen LogP contribution in [0.2, 0.25) is 0 Å². The van der Waals surface area contributed by atoms with E-state index in [0.717, 1.165) is 48.7 Å². The summed E-state index contributed by atoms with van der Waals surface area (Å²) in [4.78, 5) is 15.1. The number of aryl methyl sites for hydroxylation is 6. The van der Waals surface area contributed by atoms with Crippen LogP contribution in [0.5, 0.6) is 0 Å². The number of rotatable bonds is 4. The van der Waals surface area contributed by atoms with Crippen molar-refractivity contribution >= 4 is 44.5 Å². The Morgan fingerprint density at radius 1 is 0.648 bits per heavy atom. The smallest absolute Gasteiger partial charge is 0.485 e. The molecule has 7 rings (SSSR count). The Labute approximate surface area is 305 Å². The van der Waals surface area contributed by atoms with Crippen LogP contribution in [0.15, 0.2) is 61.4 Å². The highest BCUT2D eigenvalue weighted by atomic mass is 32.2. The molecule has 0 spiro atoms. The standard InChI is InChI=1S/C32H28N6.2CHF3O3S/c1-21-27(35-19-33-21)7-3-23-9-13-37-15-11-25-5-6-26-12-16-38-14-10-24(4-8-28-22(2)34-20-36-28)18-30(38)32(26)31(25)29(37)17-23;2*2-1(3,4)8(5,6)7/h3-10,13-14,17-20H,11-12,15-16H2,1-2H3;2*(H,5,6,7). The molecule has 2 aliphatic heterocycles. The topological polar surface area (TPSA) is 180 Å². The molecule has 0 radical (unpaired) electrons. The Balaban J connectivity index is 0.000000295. The zero-order valence-electron chi connectivity index (χ0n) is 28.2. The van der Waals surface area contributed by atoms with Gasteiger partial charge in [0, 0.05) is 37.1 Å². The molecule has 0 unspecified atom stereocenters. The predicted octanol–water partition coefficient (Wildman–Crippen LogP) is 5.21. The van der Waals surface area contributed by atoms with E-state index in [9.17, 15) is 26.3 Å². The summed E-state index contributed by atoms with van der Waals surface area (Å²) in [5.41, 5.74) is 3.37. The number of benzene rings is 1. The summed E-state index contributed by atoms with van der Waals surface area (Å²) in [6, 6.07) is 13.8. The number of alkyl halides is 6. The molecule has 54 heavy (non-hydrogen) atoms. The Kier molecular flexibility index (Phi) is 11.3. The van der Waals surface area contributed by atoms with E-state index in [1.54, 1.807) is 12.7 Å². The molecule has 0 saturated heterocycles. The minimum Gasteiger partial charge on any atom is -0.741 e. The molecule has 0 amide bonds. The molecule has 20 heteroatoms. The van der Waals surface area contributed by atoms with E-state index >= 15 is 0 Å². The van der Waals surface area contributed by atoms with Crippen LogP contribution in [0.3, 0.4) is 0 Å². The van der Waals surface area contributed by atoms with Crippen molar-refractivity contribution in [3.63, 3.8) is 0 Å². The number of nitrogens with zero attached hydrogens (tertiary/aromatic N) is 4. The lowest BCUT2D eigenvalue weighted by molar-refractivity contribution is -0.689. The number of pyridine rings is 2. The number of hydrogen-bond donors (Lipinski definition) is 2. The second kappa shape index (κ2) is 15.3. The minimum absolute atomic E-state index is 0.997. The van der Waals surface area contributed by atoms with Gasteiger partial charge in [-0.15, -0.1) is 0 Å². The van der Waals surface area contributed by atoms with E-state index in [4.69, 9.17) is 25.9 Å². The molecule has 12 nitrogen and oxygen atoms in total. The van der Waals surface area contributed by atoms with Crippen molar-refractivity contribution in [1.29, 1.82) is 0 Å². The Morgan fingerprint density at radius 3 is 1.30 bits per heavy atom. The summed E-state index contributed by atoms with van der Waals surface area (Å²) in [7, 11) is -12.2. The van der Waals surface area contributed by atoms with Crippen LogP contribution in [-0.4, -0.2) is 56.9 Å². The number of imidazole rings is 2. The maximum atomic E-state index is 10.7. The predicted molar refractivity (Wildman–Crippen MR) is 181 cm³/mol. The second-order valence-corrected chi connectivity index (χ2v) is 14.7. The molecule has 2 aliphatic rings. The molecule has 0 saturated carbocycles. The van der Waals surface area contributed by atoms with Crippen molar-refractivity contribution in [2.75, 3.05) is 0 Å². The van der Waals surface area contributed by atoms with Crippen LogP contribution in [0, 0.1) is 13.8 Å². The van der Waals surface area contributed by atoms with Gasteiger partial charge in [0.05, 0.1) is 46.6 Å². The summed E-state index contributed by atoms with van der Waals surface area (Å²) in [5.74, 6) is 0. The van der Waals surface area contributed by atoms with Gasteiger partial charge in [0.25, 0.3) is 0 Å². The van der Waals surface area contributed by atoms with Crippen LogP contribution in [0.4, 0.5) is 26.3 Å². The van der Waals surface area contributed by atoms with Gasteiger partial charge in [-0.3, -0.25) is 0 Å². The van der Waals surface area contributed by atoms with Crippen LogP contribution in [-0.2, 0) is 46.2 Å². The Hall–Kier alpha value is -5.18. The van der Waals surface area contributed by atoms with Gasteiger partial charge >= 0.3 is 11.0 Å². The summed E-state index contributed by atoms with van der Waals surface area (Å²) in [5, 5.41) is 0. The molecule has 0 atom stereocenters. The molecule has 0 bridgehead atoms. The first-order valence-corrected chi connectivity index (χ1v) is 18.6. The average Bonchev–Trinajstić information content (AvgIpc) is 3.70. The lowest BCUT2D eigenvalue weighted by Gasteiger charge is -2.23. The van der Waals surface area contributed by atoms with E-state index in [1.807, 2.05) is 13.8 Å². The maximum absolute atomic E-state index is 10.7. The fraction of sp³-hybridized carbons (Fsp3) is 0.235. The van der Waals surface area contributed by atoms with Gasteiger partial charge in [0.2, 0.25) is 11.4 Å². The Morgan fingerprint density at radius 2 is 1.00 bits per heavy atom. The molecular weight excluding hydrogens is 767 g/mol. The van der Waals surface area contributed by atoms with Gasteiger partial charge < -0.3 is 19.1 Å². The van der Waals surface area contributed by atoms with Crippen molar-refractivity contribution in [2.45, 2.75) is 50.8 Å². The third kappa shape index (κ3) is 9.12. The zero-order valence-corrected chi connectivity index (χ0v) is 29.9. The van der Waals surface area contributed by atoms with Crippen LogP contribution >= 0.6 is 0 Å². The van der Waals surface area contributed by atoms with Gasteiger partial charge in [-0.2, -0.15) is 35.5 Å². The largest absolute Gasteiger partial charge is 0.741 e. The third-order valence-corrected chi connectivity index (χ3v) is 9.58. The lowest BCUT2D eigenvalue weighted by atomic mass is 9.84. The zero-order chi connectivity index (χ0) is 39.6. The molecule has 5 aromatic rings. The van der Waals surface area contributed by atoms with Gasteiger partial charge in [0.15, 0.2) is 45.7 Å². The molecular formula is C34H30F6N6O6S2. The quantitative estimate of drug-likeness (QED) is 0.108. The highest BCUT2D eigenvalue weighted by Crippen LogP contribution is 2.39. The number of aromatic nitrogens is 6. The lowest BCUT2D eigenvalue weighted by Crippen LogP contribution is -2.43. The summed E-state index contributed by atoms with van der Waals surface area (Å²) < 4.78 is 123. The molecule has 0 aliphatic carbocycles. The van der Waals surface area contributed by atoms with Gasteiger partial charge in [-0.1, -0.05) is 24.3 Å². The first-order valence-electron chi connectivity index (χ1n) is 15.8. The molecule has 0 fully saturated rings. The fourth-order valence-corrected chi connectivity index (χ4v) is 5.73. The first kappa shape index (κ1) is 40.0. The third-order valence-electron chi connectivity index (χ3n) is 8.44. The normalized spacial score (nSPS) is 14.0. The summed E-state index contributed by atoms with van der Waals surface area (Å²) >= 11 is 0. The van der Waals surface area contributed by atoms with Crippen LogP contribution in [0.1, 0.15) is 45.0 Å². The summed E-state index contributed by atoms with van der Waals surface area (Å²) in [6.45, 7) is 6.04. The van der Waals surface area contributed by atoms with Crippen molar-refractivity contribution in [1.82, 2.24) is 19.9 Å². The van der Waals surface area contributed by atoms with Crippen molar-refractivity contribution in [3.05, 3.63) is 106 Å². The van der Waals surface area contributed by atoms with E-state index in [1.165, 1.54) is 44.8 Å². The molecule has 2 N–H and O–H groups in total. The number of hydrogen-bond acceptors (Lipinski definition) is 8. The van der Waals surface area contributed by atoms with E-state index in [-0.39, 0.29) is 0 Å². The van der Waals surface area contributed by atoms with Gasteiger partial charge in [-0.25, -0.2) is 26.8 Å². The number of aromatic amines is 2. The molecule has 4 aromatic heterocycles. The van der Waals surface area contributed by atoms with E-state index < -0.39 is 31.3 Å². The van der Waals surface area contributed by atoms with Crippen molar-refractivity contribution in [2.24, 2.45) is 0 Å². The van der Waals surface area contributed by atoms with Crippen LogP contribution in [0.25, 0.3) is 46.8 Å². The SMILES string of the molecule is Cc1nc[nH]c1/C=C/c1cc[n+]2c(c1)-c1c(ccc3c1-c1cc(/C=C/c4[nH]cnc4C)cc[n+]1CC3)CC2.O=S(=O)([O-])C(F)(F)F.O=S(=O)([O-])C(F)(F)F. The fourth-order valence-electron chi connectivity index (χ4n) is 5.73. The average molecular weight is 797 g/mol. The van der Waals surface area contributed by atoms with Crippen molar-refractivity contribution < 1.29 is 61.4 Å². The number of fused-ring (bicyclic) bond motifs is 7. The highest BCUT2D eigenvalue weighted by Gasteiger charge is 2.38. The second-order valence-electron chi connectivity index (χ2n) is 12.0. The van der Waals surface area contributed by atoms with Crippen LogP contribution < -0.4 is 9.13 Å². The maximum Gasteiger partial charge on any atom is 0.485 e. The minimum atomic E-state index is -6.09. The molecule has 286 valence electrons. The van der Waals surface area contributed by atoms with Gasteiger partial charge in [-0.05, 0) is 48.3 Å². The number of nitrogens with one attached hydrogen (secondary N) is 2. The highest BCUT2D eigenvalue weighted by molar-refractivity contribution is 7.86. The monoisotopic (exact) mass is 796 g/mol.